The molecule has 130 valence electrons. The van der Waals surface area contributed by atoms with E-state index in [1.165, 1.54) is 0 Å². The standard InChI is InChI=1S/C19H22ClN5/c1-21-19(24(2)13-15-7-3-4-8-17(15)20)22-11-10-16-14-25-12-6-5-9-18(25)23-16/h3-9,12,14H,10-11,13H2,1-2H3,(H,21,22). The van der Waals surface area contributed by atoms with Crippen molar-refractivity contribution in [2.75, 3.05) is 20.6 Å². The molecule has 1 N–H and O–H groups in total. The van der Waals surface area contributed by atoms with Crippen LogP contribution in [0.4, 0.5) is 0 Å². The van der Waals surface area contributed by atoms with Gasteiger partial charge in [0, 0.05) is 51.0 Å². The Hall–Kier alpha value is -2.53. The van der Waals surface area contributed by atoms with E-state index in [0.29, 0.717) is 6.54 Å². The Labute approximate surface area is 153 Å². The minimum absolute atomic E-state index is 0.702. The molecule has 2 aromatic heterocycles. The second-order valence-electron chi connectivity index (χ2n) is 5.87. The van der Waals surface area contributed by atoms with E-state index in [-0.39, 0.29) is 0 Å². The van der Waals surface area contributed by atoms with Gasteiger partial charge in [0.1, 0.15) is 5.65 Å². The highest BCUT2D eigenvalue weighted by Crippen LogP contribution is 2.16. The predicted molar refractivity (Wildman–Crippen MR) is 103 cm³/mol. The molecule has 2 heterocycles. The number of hydrogen-bond acceptors (Lipinski definition) is 2. The van der Waals surface area contributed by atoms with Crippen molar-refractivity contribution in [2.24, 2.45) is 4.99 Å². The fourth-order valence-corrected chi connectivity index (χ4v) is 2.95. The summed E-state index contributed by atoms with van der Waals surface area (Å²) in [5, 5.41) is 4.16. The van der Waals surface area contributed by atoms with E-state index < -0.39 is 0 Å². The number of guanidine groups is 1. The maximum absolute atomic E-state index is 6.24. The fourth-order valence-electron chi connectivity index (χ4n) is 2.75. The van der Waals surface area contributed by atoms with Crippen molar-refractivity contribution in [2.45, 2.75) is 13.0 Å². The fraction of sp³-hybridized carbons (Fsp3) is 0.263. The SMILES string of the molecule is CN=C(NCCc1cn2ccccc2n1)N(C)Cc1ccccc1Cl. The molecule has 0 aliphatic carbocycles. The lowest BCUT2D eigenvalue weighted by Gasteiger charge is -2.22. The third-order valence-electron chi connectivity index (χ3n) is 4.02. The number of benzene rings is 1. The number of rotatable bonds is 5. The van der Waals surface area contributed by atoms with Crippen LogP contribution in [0.2, 0.25) is 5.02 Å². The number of pyridine rings is 1. The summed E-state index contributed by atoms with van der Waals surface area (Å²) in [5.41, 5.74) is 3.11. The molecule has 0 atom stereocenters. The molecule has 6 heteroatoms. The molecule has 0 aliphatic heterocycles. The molecule has 0 unspecified atom stereocenters. The minimum Gasteiger partial charge on any atom is -0.356 e. The van der Waals surface area contributed by atoms with E-state index >= 15 is 0 Å². The first-order chi connectivity index (χ1) is 12.2. The third-order valence-corrected chi connectivity index (χ3v) is 4.39. The maximum Gasteiger partial charge on any atom is 0.193 e. The van der Waals surface area contributed by atoms with Crippen LogP contribution in [0.25, 0.3) is 5.65 Å². The zero-order valence-electron chi connectivity index (χ0n) is 14.5. The van der Waals surface area contributed by atoms with E-state index in [0.717, 1.165) is 40.9 Å². The molecule has 0 amide bonds. The Bertz CT molecular complexity index is 838. The first kappa shape index (κ1) is 17.3. The predicted octanol–water partition coefficient (Wildman–Crippen LogP) is 3.24. The van der Waals surface area contributed by atoms with Gasteiger partial charge >= 0.3 is 0 Å². The molecule has 0 bridgehead atoms. The normalized spacial score (nSPS) is 11.7. The maximum atomic E-state index is 6.24. The van der Waals surface area contributed by atoms with Gasteiger partial charge in [-0.15, -0.1) is 0 Å². The van der Waals surface area contributed by atoms with Crippen molar-refractivity contribution in [3.63, 3.8) is 0 Å². The number of nitrogens with one attached hydrogen (secondary N) is 1. The summed E-state index contributed by atoms with van der Waals surface area (Å²) in [4.78, 5) is 11.0. The number of hydrogen-bond donors (Lipinski definition) is 1. The summed E-state index contributed by atoms with van der Waals surface area (Å²) in [6.07, 6.45) is 4.91. The first-order valence-electron chi connectivity index (χ1n) is 8.25. The highest BCUT2D eigenvalue weighted by molar-refractivity contribution is 6.31. The quantitative estimate of drug-likeness (QED) is 0.564. The summed E-state index contributed by atoms with van der Waals surface area (Å²) in [7, 11) is 3.79. The molecule has 0 fully saturated rings. The molecule has 0 aliphatic rings. The van der Waals surface area contributed by atoms with Crippen LogP contribution in [0.5, 0.6) is 0 Å². The molecule has 1 aromatic carbocycles. The van der Waals surface area contributed by atoms with Gasteiger partial charge in [-0.2, -0.15) is 0 Å². The zero-order valence-corrected chi connectivity index (χ0v) is 15.2. The van der Waals surface area contributed by atoms with Crippen LogP contribution in [0, 0.1) is 0 Å². The number of aliphatic imine (C=N–C) groups is 1. The van der Waals surface area contributed by atoms with E-state index in [9.17, 15) is 0 Å². The molecule has 3 aromatic rings. The summed E-state index contributed by atoms with van der Waals surface area (Å²) in [6.45, 7) is 1.47. The van der Waals surface area contributed by atoms with Crippen LogP contribution < -0.4 is 5.32 Å². The van der Waals surface area contributed by atoms with Gasteiger partial charge in [0.15, 0.2) is 5.96 Å². The average molecular weight is 356 g/mol. The second kappa shape index (κ2) is 8.03. The lowest BCUT2D eigenvalue weighted by atomic mass is 10.2. The Morgan fingerprint density at radius 2 is 2.04 bits per heavy atom. The summed E-state index contributed by atoms with van der Waals surface area (Å²) < 4.78 is 2.04. The minimum atomic E-state index is 0.702. The van der Waals surface area contributed by atoms with E-state index in [2.05, 4.69) is 26.4 Å². The van der Waals surface area contributed by atoms with Crippen molar-refractivity contribution in [1.82, 2.24) is 19.6 Å². The van der Waals surface area contributed by atoms with Crippen LogP contribution in [0.1, 0.15) is 11.3 Å². The zero-order chi connectivity index (χ0) is 17.6. The monoisotopic (exact) mass is 355 g/mol. The highest BCUT2D eigenvalue weighted by Gasteiger charge is 2.09. The average Bonchev–Trinajstić information content (AvgIpc) is 3.03. The van der Waals surface area contributed by atoms with Gasteiger partial charge in [-0.1, -0.05) is 35.9 Å². The van der Waals surface area contributed by atoms with Gasteiger partial charge < -0.3 is 14.6 Å². The van der Waals surface area contributed by atoms with Crippen LogP contribution in [-0.4, -0.2) is 40.9 Å². The number of nitrogens with zero attached hydrogens (tertiary/aromatic N) is 4. The third kappa shape index (κ3) is 4.31. The van der Waals surface area contributed by atoms with Gasteiger partial charge in [-0.3, -0.25) is 4.99 Å². The number of halogens is 1. The van der Waals surface area contributed by atoms with Gasteiger partial charge in [0.05, 0.1) is 5.69 Å². The van der Waals surface area contributed by atoms with Crippen molar-refractivity contribution in [3.8, 4) is 0 Å². The first-order valence-corrected chi connectivity index (χ1v) is 8.63. The van der Waals surface area contributed by atoms with Crippen LogP contribution >= 0.6 is 11.6 Å². The van der Waals surface area contributed by atoms with Crippen molar-refractivity contribution in [3.05, 3.63) is 71.1 Å². The molecule has 3 rings (SSSR count). The van der Waals surface area contributed by atoms with Crippen LogP contribution in [0.3, 0.4) is 0 Å². The second-order valence-corrected chi connectivity index (χ2v) is 6.28. The Morgan fingerprint density at radius 1 is 1.24 bits per heavy atom. The highest BCUT2D eigenvalue weighted by atomic mass is 35.5. The number of fused-ring (bicyclic) bond motifs is 1. The van der Waals surface area contributed by atoms with Crippen molar-refractivity contribution < 1.29 is 0 Å². The lowest BCUT2D eigenvalue weighted by molar-refractivity contribution is 0.477. The molecule has 5 nitrogen and oxygen atoms in total. The lowest BCUT2D eigenvalue weighted by Crippen LogP contribution is -2.39. The molecular formula is C19H22ClN5. The summed E-state index contributed by atoms with van der Waals surface area (Å²) >= 11 is 6.24. The van der Waals surface area contributed by atoms with Gasteiger partial charge in [0.2, 0.25) is 0 Å². The van der Waals surface area contributed by atoms with Gasteiger partial charge in [-0.25, -0.2) is 4.98 Å². The topological polar surface area (TPSA) is 44.9 Å². The molecule has 0 spiro atoms. The Kier molecular flexibility index (Phi) is 5.56. The summed E-state index contributed by atoms with van der Waals surface area (Å²) in [6, 6.07) is 13.9. The molecule has 0 saturated heterocycles. The largest absolute Gasteiger partial charge is 0.356 e. The van der Waals surface area contributed by atoms with Gasteiger partial charge in [-0.05, 0) is 23.8 Å². The smallest absolute Gasteiger partial charge is 0.193 e. The number of aromatic nitrogens is 2. The Balaban J connectivity index is 1.56. The number of imidazole rings is 1. The van der Waals surface area contributed by atoms with E-state index in [4.69, 9.17) is 11.6 Å². The van der Waals surface area contributed by atoms with Gasteiger partial charge in [0.25, 0.3) is 0 Å². The van der Waals surface area contributed by atoms with Crippen molar-refractivity contribution >= 4 is 23.2 Å². The molecule has 25 heavy (non-hydrogen) atoms. The van der Waals surface area contributed by atoms with Crippen LogP contribution in [-0.2, 0) is 13.0 Å². The Morgan fingerprint density at radius 3 is 2.80 bits per heavy atom. The molecular weight excluding hydrogens is 334 g/mol. The van der Waals surface area contributed by atoms with Crippen molar-refractivity contribution in [1.29, 1.82) is 0 Å². The van der Waals surface area contributed by atoms with E-state index in [1.54, 1.807) is 7.05 Å². The van der Waals surface area contributed by atoms with E-state index in [1.807, 2.05) is 60.1 Å². The summed E-state index contributed by atoms with van der Waals surface area (Å²) in [5.74, 6) is 0.837. The van der Waals surface area contributed by atoms with Crippen LogP contribution in [0.15, 0.2) is 59.9 Å². The molecule has 0 radical (unpaired) electrons. The molecule has 0 saturated carbocycles.